The van der Waals surface area contributed by atoms with E-state index in [0.29, 0.717) is 6.42 Å². The van der Waals surface area contributed by atoms with Crippen LogP contribution in [0.15, 0.2) is 0 Å². The number of hydrogen-bond acceptors (Lipinski definition) is 4. The van der Waals surface area contributed by atoms with E-state index in [1.165, 1.54) is 44.9 Å². The zero-order valence-electron chi connectivity index (χ0n) is 14.8. The zero-order chi connectivity index (χ0) is 18.8. The number of carboxylic acids is 2. The van der Waals surface area contributed by atoms with Crippen molar-refractivity contribution in [2.75, 3.05) is 0 Å². The van der Waals surface area contributed by atoms with Crippen LogP contribution in [0.4, 0.5) is 0 Å². The fourth-order valence-corrected chi connectivity index (χ4v) is 2.01. The largest absolute Gasteiger partial charge is 0.481 e. The first kappa shape index (κ1) is 24.6. The molecule has 142 valence electrons. The van der Waals surface area contributed by atoms with E-state index < -0.39 is 18.0 Å². The summed E-state index contributed by atoms with van der Waals surface area (Å²) in [5.41, 5.74) is 10.1. The molecule has 0 aliphatic heterocycles. The van der Waals surface area contributed by atoms with Gasteiger partial charge in [-0.3, -0.25) is 14.4 Å². The first-order valence-corrected chi connectivity index (χ1v) is 8.79. The van der Waals surface area contributed by atoms with Gasteiger partial charge >= 0.3 is 11.9 Å². The highest BCUT2D eigenvalue weighted by Gasteiger charge is 2.12. The molecule has 0 aromatic heterocycles. The zero-order valence-corrected chi connectivity index (χ0v) is 14.8. The van der Waals surface area contributed by atoms with E-state index in [9.17, 15) is 14.4 Å². The lowest BCUT2D eigenvalue weighted by molar-refractivity contribution is -0.139. The standard InChI is InChI=1S/C12H25NO.C5H9NO4/c1-2-3-4-5-6-7-8-9-10-11-12(13)14;6-3(5(9)10)1-2-4(7)8/h2-11H2,1H3,(H2,13,14);3H,1-2,6H2,(H,7,8)(H,9,10)/t;3-/m.0/s1. The van der Waals surface area contributed by atoms with Crippen LogP contribution in [0.25, 0.3) is 0 Å². The quantitative estimate of drug-likeness (QED) is 0.356. The first-order valence-electron chi connectivity index (χ1n) is 8.79. The number of rotatable bonds is 14. The van der Waals surface area contributed by atoms with Gasteiger partial charge in [-0.05, 0) is 12.8 Å². The van der Waals surface area contributed by atoms with Gasteiger partial charge in [-0.2, -0.15) is 0 Å². The Labute approximate surface area is 144 Å². The maximum Gasteiger partial charge on any atom is 0.320 e. The molecule has 24 heavy (non-hydrogen) atoms. The molecule has 0 saturated heterocycles. The van der Waals surface area contributed by atoms with Gasteiger partial charge in [0.15, 0.2) is 0 Å². The molecular weight excluding hydrogens is 312 g/mol. The Morgan fingerprint density at radius 3 is 1.67 bits per heavy atom. The number of primary amides is 1. The third kappa shape index (κ3) is 22.6. The summed E-state index contributed by atoms with van der Waals surface area (Å²) in [5.74, 6) is -2.36. The smallest absolute Gasteiger partial charge is 0.320 e. The molecule has 0 aromatic carbocycles. The van der Waals surface area contributed by atoms with Gasteiger partial charge in [0.05, 0.1) is 0 Å². The topological polar surface area (TPSA) is 144 Å². The van der Waals surface area contributed by atoms with Crippen molar-refractivity contribution < 1.29 is 24.6 Å². The molecule has 0 heterocycles. The Bertz CT molecular complexity index is 348. The number of carbonyl (C=O) groups excluding carboxylic acids is 1. The molecule has 0 fully saturated rings. The highest BCUT2D eigenvalue weighted by Crippen LogP contribution is 2.10. The van der Waals surface area contributed by atoms with Crippen LogP contribution in [0.2, 0.25) is 0 Å². The number of amides is 1. The van der Waals surface area contributed by atoms with E-state index in [2.05, 4.69) is 6.92 Å². The second kappa shape index (κ2) is 17.7. The monoisotopic (exact) mass is 346 g/mol. The Balaban J connectivity index is 0. The van der Waals surface area contributed by atoms with E-state index in [1.807, 2.05) is 0 Å². The van der Waals surface area contributed by atoms with Crippen molar-refractivity contribution in [3.63, 3.8) is 0 Å². The molecule has 7 heteroatoms. The molecule has 0 radical (unpaired) electrons. The summed E-state index contributed by atoms with van der Waals surface area (Å²) in [6, 6.07) is -1.06. The van der Waals surface area contributed by atoms with E-state index in [1.54, 1.807) is 0 Å². The molecule has 0 unspecified atom stereocenters. The molecule has 0 aromatic rings. The van der Waals surface area contributed by atoms with Crippen molar-refractivity contribution >= 4 is 17.8 Å². The minimum Gasteiger partial charge on any atom is -0.481 e. The fraction of sp³-hybridized carbons (Fsp3) is 0.824. The third-order valence-corrected chi connectivity index (χ3v) is 3.51. The van der Waals surface area contributed by atoms with Crippen molar-refractivity contribution in [1.82, 2.24) is 0 Å². The SMILES string of the molecule is CCCCCCCCCCCC(N)=O.N[C@@H](CCC(=O)O)C(=O)O. The van der Waals surface area contributed by atoms with Gasteiger partial charge in [-0.1, -0.05) is 58.3 Å². The molecule has 7 nitrogen and oxygen atoms in total. The van der Waals surface area contributed by atoms with Crippen molar-refractivity contribution in [3.8, 4) is 0 Å². The van der Waals surface area contributed by atoms with E-state index in [-0.39, 0.29) is 18.7 Å². The fourth-order valence-electron chi connectivity index (χ4n) is 2.01. The van der Waals surface area contributed by atoms with Crippen LogP contribution in [0.3, 0.4) is 0 Å². The van der Waals surface area contributed by atoms with Crippen LogP contribution in [-0.4, -0.2) is 34.1 Å². The molecule has 6 N–H and O–H groups in total. The van der Waals surface area contributed by atoms with Gasteiger partial charge in [0, 0.05) is 12.8 Å². The molecular formula is C17H34N2O5. The van der Waals surface area contributed by atoms with Crippen molar-refractivity contribution in [1.29, 1.82) is 0 Å². The normalized spacial score (nSPS) is 11.2. The maximum absolute atomic E-state index is 10.4. The summed E-state index contributed by atoms with van der Waals surface area (Å²) < 4.78 is 0. The summed E-state index contributed by atoms with van der Waals surface area (Å²) >= 11 is 0. The predicted molar refractivity (Wildman–Crippen MR) is 93.5 cm³/mol. The summed E-state index contributed by atoms with van der Waals surface area (Å²) in [6.07, 6.45) is 11.9. The average Bonchev–Trinajstić information content (AvgIpc) is 2.51. The summed E-state index contributed by atoms with van der Waals surface area (Å²) in [5, 5.41) is 16.3. The number of carboxylic acid groups (broad SMARTS) is 2. The van der Waals surface area contributed by atoms with Crippen LogP contribution in [0.5, 0.6) is 0 Å². The van der Waals surface area contributed by atoms with Crippen LogP contribution < -0.4 is 11.5 Å². The number of hydrogen-bond donors (Lipinski definition) is 4. The number of nitrogens with two attached hydrogens (primary N) is 2. The van der Waals surface area contributed by atoms with Gasteiger partial charge in [0.1, 0.15) is 6.04 Å². The second-order valence-electron chi connectivity index (χ2n) is 5.92. The Morgan fingerprint density at radius 1 is 0.833 bits per heavy atom. The lowest BCUT2D eigenvalue weighted by Gasteiger charge is -2.01. The van der Waals surface area contributed by atoms with Crippen molar-refractivity contribution in [2.45, 2.75) is 90.0 Å². The van der Waals surface area contributed by atoms with Crippen LogP contribution in [0.1, 0.15) is 84.0 Å². The van der Waals surface area contributed by atoms with Gasteiger partial charge in [0.25, 0.3) is 0 Å². The number of unbranched alkanes of at least 4 members (excludes halogenated alkanes) is 8. The van der Waals surface area contributed by atoms with Gasteiger partial charge in [-0.25, -0.2) is 0 Å². The lowest BCUT2D eigenvalue weighted by Crippen LogP contribution is -2.30. The second-order valence-corrected chi connectivity index (χ2v) is 5.92. The number of aliphatic carboxylic acids is 2. The third-order valence-electron chi connectivity index (χ3n) is 3.51. The van der Waals surface area contributed by atoms with Gasteiger partial charge in [0.2, 0.25) is 5.91 Å². The summed E-state index contributed by atoms with van der Waals surface area (Å²) in [6.45, 7) is 2.24. The van der Waals surface area contributed by atoms with Gasteiger partial charge < -0.3 is 21.7 Å². The maximum atomic E-state index is 10.4. The van der Waals surface area contributed by atoms with Crippen LogP contribution in [-0.2, 0) is 14.4 Å². The van der Waals surface area contributed by atoms with E-state index >= 15 is 0 Å². The molecule has 0 saturated carbocycles. The molecule has 1 amide bonds. The molecule has 0 rings (SSSR count). The Hall–Kier alpha value is -1.63. The lowest BCUT2D eigenvalue weighted by atomic mass is 10.1. The predicted octanol–water partition coefficient (Wildman–Crippen LogP) is 2.66. The molecule has 0 aliphatic rings. The minimum atomic E-state index is -1.17. The molecule has 0 spiro atoms. The van der Waals surface area contributed by atoms with E-state index in [4.69, 9.17) is 21.7 Å². The highest BCUT2D eigenvalue weighted by atomic mass is 16.4. The average molecular weight is 346 g/mol. The molecule has 0 bridgehead atoms. The molecule has 1 atom stereocenters. The Morgan fingerprint density at radius 2 is 1.29 bits per heavy atom. The van der Waals surface area contributed by atoms with Crippen LogP contribution in [0, 0.1) is 0 Å². The summed E-state index contributed by atoms with van der Waals surface area (Å²) in [4.78, 5) is 30.3. The highest BCUT2D eigenvalue weighted by molar-refractivity contribution is 5.74. The molecule has 0 aliphatic carbocycles. The minimum absolute atomic E-state index is 0.0231. The van der Waals surface area contributed by atoms with Gasteiger partial charge in [-0.15, -0.1) is 0 Å². The summed E-state index contributed by atoms with van der Waals surface area (Å²) in [7, 11) is 0. The van der Waals surface area contributed by atoms with Crippen LogP contribution >= 0.6 is 0 Å². The van der Waals surface area contributed by atoms with Crippen molar-refractivity contribution in [3.05, 3.63) is 0 Å². The number of carbonyl (C=O) groups is 3. The Kier molecular flexibility index (Phi) is 18.2. The van der Waals surface area contributed by atoms with Crippen molar-refractivity contribution in [2.24, 2.45) is 11.5 Å². The van der Waals surface area contributed by atoms with E-state index in [0.717, 1.165) is 12.8 Å². The first-order chi connectivity index (χ1) is 11.3.